The number of esters is 4. The van der Waals surface area contributed by atoms with Crippen LogP contribution >= 0.6 is 0 Å². The molecule has 0 bridgehead atoms. The van der Waals surface area contributed by atoms with Crippen molar-refractivity contribution in [1.29, 1.82) is 0 Å². The Morgan fingerprint density at radius 3 is 0.900 bits per heavy atom. The molecular weight excluding hydrogens is 406 g/mol. The standard InChI is InChI=1S/C16H24B2O12/c1-5-23-13(19)9-10(14(20)24-6-2)28-17(27-9)18-29-11(15(21)25-7-3)12(30-18)16(22)26-8-4/h9-12H,5-8H2,1-4H3/t9-,10+,11-,12+. The Morgan fingerprint density at radius 2 is 0.733 bits per heavy atom. The zero-order valence-electron chi connectivity index (χ0n) is 17.2. The van der Waals surface area contributed by atoms with Crippen LogP contribution in [0.1, 0.15) is 27.7 Å². The summed E-state index contributed by atoms with van der Waals surface area (Å²) in [5.41, 5.74) is 0. The Morgan fingerprint density at radius 1 is 0.533 bits per heavy atom. The van der Waals surface area contributed by atoms with E-state index < -0.39 is 62.3 Å². The molecule has 0 saturated carbocycles. The van der Waals surface area contributed by atoms with Crippen LogP contribution in [0.15, 0.2) is 0 Å². The fraction of sp³-hybridized carbons (Fsp3) is 0.750. The summed E-state index contributed by atoms with van der Waals surface area (Å²) in [6, 6.07) is 0. The van der Waals surface area contributed by atoms with Crippen molar-refractivity contribution in [3.05, 3.63) is 0 Å². The number of carbonyl (C=O) groups is 4. The van der Waals surface area contributed by atoms with Crippen LogP contribution in [0.3, 0.4) is 0 Å². The van der Waals surface area contributed by atoms with Crippen molar-refractivity contribution in [1.82, 2.24) is 0 Å². The third-order valence-electron chi connectivity index (χ3n) is 3.97. The van der Waals surface area contributed by atoms with Crippen LogP contribution in [-0.4, -0.2) is 88.7 Å². The summed E-state index contributed by atoms with van der Waals surface area (Å²) in [6.45, 7) is 6.53. The highest BCUT2D eigenvalue weighted by atomic mass is 16.7. The van der Waals surface area contributed by atoms with Gasteiger partial charge in [-0.05, 0) is 27.7 Å². The SMILES string of the molecule is CCOC(=O)[C@H]1OB(B2O[C@H](C(=O)OCC)[C@H](C(=O)OCC)O2)O[C@H]1C(=O)OCC. The molecule has 4 atom stereocenters. The number of ether oxygens (including phenoxy) is 4. The molecule has 2 rings (SSSR count). The highest BCUT2D eigenvalue weighted by Crippen LogP contribution is 2.27. The molecule has 30 heavy (non-hydrogen) atoms. The van der Waals surface area contributed by atoms with Crippen molar-refractivity contribution in [2.24, 2.45) is 0 Å². The van der Waals surface area contributed by atoms with Crippen LogP contribution in [0.5, 0.6) is 0 Å². The first kappa shape index (κ1) is 24.1. The highest BCUT2D eigenvalue weighted by Gasteiger charge is 2.61. The van der Waals surface area contributed by atoms with Gasteiger partial charge in [0.25, 0.3) is 0 Å². The molecule has 0 radical (unpaired) electrons. The van der Waals surface area contributed by atoms with Crippen molar-refractivity contribution < 1.29 is 56.7 Å². The van der Waals surface area contributed by atoms with Gasteiger partial charge >= 0.3 is 37.9 Å². The summed E-state index contributed by atoms with van der Waals surface area (Å²) >= 11 is 0. The molecule has 2 aliphatic rings. The lowest BCUT2D eigenvalue weighted by Gasteiger charge is -2.15. The van der Waals surface area contributed by atoms with Gasteiger partial charge in [0.05, 0.1) is 26.4 Å². The lowest BCUT2D eigenvalue weighted by Crippen LogP contribution is -2.41. The van der Waals surface area contributed by atoms with Gasteiger partial charge in [-0.3, -0.25) is 0 Å². The number of carbonyl (C=O) groups excluding carboxylic acids is 4. The largest absolute Gasteiger partial charge is 0.489 e. The van der Waals surface area contributed by atoms with Gasteiger partial charge < -0.3 is 37.6 Å². The molecule has 2 heterocycles. The van der Waals surface area contributed by atoms with E-state index in [1.165, 1.54) is 0 Å². The minimum Gasteiger partial charge on any atom is -0.464 e. The van der Waals surface area contributed by atoms with Gasteiger partial charge in [-0.1, -0.05) is 0 Å². The molecule has 0 unspecified atom stereocenters. The molecule has 166 valence electrons. The first-order valence-electron chi connectivity index (χ1n) is 9.66. The summed E-state index contributed by atoms with van der Waals surface area (Å²) < 4.78 is 41.4. The van der Waals surface area contributed by atoms with Crippen molar-refractivity contribution in [2.45, 2.75) is 52.1 Å². The predicted octanol–water partition coefficient (Wildman–Crippen LogP) is -1.14. The fourth-order valence-electron chi connectivity index (χ4n) is 2.80. The van der Waals surface area contributed by atoms with E-state index >= 15 is 0 Å². The highest BCUT2D eigenvalue weighted by molar-refractivity contribution is 7.11. The smallest absolute Gasteiger partial charge is 0.464 e. The molecule has 0 aromatic rings. The molecule has 2 fully saturated rings. The van der Waals surface area contributed by atoms with Crippen molar-refractivity contribution in [3.63, 3.8) is 0 Å². The van der Waals surface area contributed by atoms with E-state index in [2.05, 4.69) is 0 Å². The summed E-state index contributed by atoms with van der Waals surface area (Å²) in [5.74, 6) is -3.39. The Bertz CT molecular complexity index is 538. The van der Waals surface area contributed by atoms with Crippen LogP contribution in [0, 0.1) is 0 Å². The Balaban J connectivity index is 2.18. The summed E-state index contributed by atoms with van der Waals surface area (Å²) in [4.78, 5) is 48.7. The molecule has 0 amide bonds. The molecule has 0 aliphatic carbocycles. The maximum atomic E-state index is 12.2. The van der Waals surface area contributed by atoms with Crippen LogP contribution in [0.2, 0.25) is 0 Å². The third-order valence-corrected chi connectivity index (χ3v) is 3.97. The Kier molecular flexibility index (Phi) is 9.08. The quantitative estimate of drug-likeness (QED) is 0.248. The average molecular weight is 430 g/mol. The minimum absolute atomic E-state index is 0.0468. The zero-order chi connectivity index (χ0) is 22.3. The number of hydrogen-bond donors (Lipinski definition) is 0. The van der Waals surface area contributed by atoms with E-state index in [1.807, 2.05) is 0 Å². The monoisotopic (exact) mass is 430 g/mol. The second-order valence-electron chi connectivity index (χ2n) is 5.97. The van der Waals surface area contributed by atoms with Crippen molar-refractivity contribution >= 4 is 37.9 Å². The van der Waals surface area contributed by atoms with E-state index in [4.69, 9.17) is 37.6 Å². The van der Waals surface area contributed by atoms with Gasteiger partial charge in [0.15, 0.2) is 24.4 Å². The van der Waals surface area contributed by atoms with Crippen LogP contribution < -0.4 is 0 Å². The summed E-state index contributed by atoms with van der Waals surface area (Å²) in [5, 5.41) is 0. The predicted molar refractivity (Wildman–Crippen MR) is 97.5 cm³/mol. The second kappa shape index (κ2) is 11.3. The van der Waals surface area contributed by atoms with Gasteiger partial charge in [0.2, 0.25) is 0 Å². The molecule has 0 spiro atoms. The molecule has 12 nitrogen and oxygen atoms in total. The van der Waals surface area contributed by atoms with Gasteiger partial charge in [0.1, 0.15) is 0 Å². The third kappa shape index (κ3) is 5.50. The summed E-state index contributed by atoms with van der Waals surface area (Å²) in [7, 11) is -2.85. The van der Waals surface area contributed by atoms with Gasteiger partial charge in [-0.25, -0.2) is 19.2 Å². The van der Waals surface area contributed by atoms with Crippen molar-refractivity contribution in [3.8, 4) is 0 Å². The lowest BCUT2D eigenvalue weighted by atomic mass is 9.49. The first-order valence-corrected chi connectivity index (χ1v) is 9.66. The molecule has 0 aromatic carbocycles. The van der Waals surface area contributed by atoms with Gasteiger partial charge in [-0.2, -0.15) is 0 Å². The van der Waals surface area contributed by atoms with Crippen LogP contribution in [-0.2, 0) is 56.7 Å². The second-order valence-corrected chi connectivity index (χ2v) is 5.97. The maximum absolute atomic E-state index is 12.2. The van der Waals surface area contributed by atoms with Gasteiger partial charge in [0, 0.05) is 0 Å². The van der Waals surface area contributed by atoms with E-state index in [9.17, 15) is 19.2 Å². The first-order chi connectivity index (χ1) is 14.4. The Hall–Kier alpha value is -2.15. The van der Waals surface area contributed by atoms with E-state index in [-0.39, 0.29) is 26.4 Å². The minimum atomic E-state index is -1.44. The molecular formula is C16H24B2O12. The topological polar surface area (TPSA) is 142 Å². The normalized spacial score (nSPS) is 25.7. The Labute approximate surface area is 174 Å². The van der Waals surface area contributed by atoms with Crippen molar-refractivity contribution in [2.75, 3.05) is 26.4 Å². The van der Waals surface area contributed by atoms with E-state index in [1.54, 1.807) is 27.7 Å². The fourth-order valence-corrected chi connectivity index (χ4v) is 2.80. The average Bonchev–Trinajstić information content (AvgIpc) is 3.34. The molecule has 14 heteroatoms. The maximum Gasteiger partial charge on any atom is 0.489 e. The van der Waals surface area contributed by atoms with E-state index in [0.717, 1.165) is 0 Å². The van der Waals surface area contributed by atoms with Crippen LogP contribution in [0.25, 0.3) is 0 Å². The number of rotatable bonds is 9. The lowest BCUT2D eigenvalue weighted by molar-refractivity contribution is -0.163. The van der Waals surface area contributed by atoms with Crippen LogP contribution in [0.4, 0.5) is 0 Å². The molecule has 2 saturated heterocycles. The summed E-state index contributed by atoms with van der Waals surface area (Å²) in [6.07, 6.45) is -5.76. The number of hydrogen-bond acceptors (Lipinski definition) is 12. The molecule has 0 aromatic heterocycles. The van der Waals surface area contributed by atoms with Gasteiger partial charge in [-0.15, -0.1) is 0 Å². The van der Waals surface area contributed by atoms with E-state index in [0.29, 0.717) is 0 Å². The zero-order valence-corrected chi connectivity index (χ0v) is 17.2. The molecule has 2 aliphatic heterocycles. The molecule has 0 N–H and O–H groups in total.